The van der Waals surface area contributed by atoms with Crippen LogP contribution in [0.5, 0.6) is 17.5 Å². The molecule has 3 saturated heterocycles. The van der Waals surface area contributed by atoms with E-state index >= 15 is 4.39 Å². The number of hydrogen-bond donors (Lipinski definition) is 2. The zero-order valence-electron chi connectivity index (χ0n) is 26.8. The van der Waals surface area contributed by atoms with Crippen LogP contribution in [0.25, 0.3) is 32.8 Å². The number of piperazine rings is 1. The number of piperidine rings is 1. The highest BCUT2D eigenvalue weighted by Crippen LogP contribution is 2.49. The molecule has 3 aromatic carbocycles. The summed E-state index contributed by atoms with van der Waals surface area (Å²) in [5.74, 6) is 4.17. The van der Waals surface area contributed by atoms with Gasteiger partial charge in [-0.2, -0.15) is 9.97 Å². The molecule has 9 rings (SSSR count). The molecule has 1 aromatic heterocycles. The van der Waals surface area contributed by atoms with Gasteiger partial charge < -0.3 is 29.7 Å². The predicted octanol–water partition coefficient (Wildman–Crippen LogP) is 5.87. The van der Waals surface area contributed by atoms with Crippen molar-refractivity contribution < 1.29 is 19.0 Å². The molecule has 9 heteroatoms. The van der Waals surface area contributed by atoms with E-state index in [0.29, 0.717) is 52.7 Å². The molecule has 4 fully saturated rings. The summed E-state index contributed by atoms with van der Waals surface area (Å²) in [4.78, 5) is 14.7. The number of nitrogens with zero attached hydrogens (tertiary/aromatic N) is 4. The van der Waals surface area contributed by atoms with E-state index in [9.17, 15) is 5.11 Å². The average Bonchev–Trinajstić information content (AvgIpc) is 3.76. The fraction of sp³-hybridized carbons (Fsp3) is 0.474. The number of phenols is 1. The van der Waals surface area contributed by atoms with E-state index in [1.54, 1.807) is 18.2 Å². The van der Waals surface area contributed by atoms with E-state index in [1.165, 1.54) is 12.8 Å². The highest BCUT2D eigenvalue weighted by Gasteiger charge is 2.46. The molecule has 5 heterocycles. The number of phenolic OH excluding ortho intramolecular Hbond substituents is 1. The molecule has 0 amide bonds. The average molecular weight is 634 g/mol. The number of benzene rings is 3. The number of ether oxygens (including phenoxy) is 2. The van der Waals surface area contributed by atoms with Crippen LogP contribution in [0.3, 0.4) is 0 Å². The lowest BCUT2D eigenvalue weighted by Gasteiger charge is -2.40. The maximum Gasteiger partial charge on any atom is 0.319 e. The Bertz CT molecular complexity index is 1950. The summed E-state index contributed by atoms with van der Waals surface area (Å²) in [6.45, 7) is 7.32. The lowest BCUT2D eigenvalue weighted by atomic mass is 9.93. The molecule has 1 aliphatic carbocycles. The second-order valence-corrected chi connectivity index (χ2v) is 14.7. The quantitative estimate of drug-likeness (QED) is 0.255. The number of rotatable bonds is 6. The zero-order valence-corrected chi connectivity index (χ0v) is 26.8. The van der Waals surface area contributed by atoms with E-state index in [-0.39, 0.29) is 40.3 Å². The van der Waals surface area contributed by atoms with Crippen molar-refractivity contribution in [1.82, 2.24) is 20.2 Å². The van der Waals surface area contributed by atoms with Crippen LogP contribution in [0.4, 0.5) is 10.2 Å². The molecule has 4 atom stereocenters. The highest BCUT2D eigenvalue weighted by atomic mass is 19.1. The first kappa shape index (κ1) is 29.0. The third kappa shape index (κ3) is 4.96. The first-order chi connectivity index (χ1) is 22.9. The van der Waals surface area contributed by atoms with Crippen LogP contribution in [-0.2, 0) is 0 Å². The molecule has 47 heavy (non-hydrogen) atoms. The van der Waals surface area contributed by atoms with Crippen LogP contribution in [0.1, 0.15) is 51.0 Å². The van der Waals surface area contributed by atoms with Crippen LogP contribution in [0.15, 0.2) is 36.4 Å². The second-order valence-electron chi connectivity index (χ2n) is 14.7. The van der Waals surface area contributed by atoms with Crippen molar-refractivity contribution in [1.29, 1.82) is 0 Å². The van der Waals surface area contributed by atoms with Crippen molar-refractivity contribution in [3.05, 3.63) is 47.8 Å². The van der Waals surface area contributed by atoms with Crippen molar-refractivity contribution >= 4 is 27.5 Å². The van der Waals surface area contributed by atoms with Crippen molar-refractivity contribution in [3.8, 4) is 41.0 Å². The SMILES string of the molecule is C#Cc1cccc2cc(O)cc(-c3cc4c5c(nc(OCC6(CN7CCC[C@H](C)C7)CC6)nc5c3F)N3C[C@H]5CC[C@H](N5)[C@H]3CO4)c12. The Labute approximate surface area is 274 Å². The van der Waals surface area contributed by atoms with Gasteiger partial charge in [0.15, 0.2) is 5.82 Å². The van der Waals surface area contributed by atoms with Crippen LogP contribution < -0.4 is 19.7 Å². The van der Waals surface area contributed by atoms with E-state index in [4.69, 9.17) is 25.9 Å². The number of anilines is 1. The minimum Gasteiger partial charge on any atom is -0.508 e. The van der Waals surface area contributed by atoms with Crippen LogP contribution in [-0.4, -0.2) is 77.5 Å². The van der Waals surface area contributed by atoms with E-state index < -0.39 is 5.82 Å². The first-order valence-electron chi connectivity index (χ1n) is 17.2. The smallest absolute Gasteiger partial charge is 0.319 e. The molecule has 1 saturated carbocycles. The van der Waals surface area contributed by atoms with Gasteiger partial charge in [0.2, 0.25) is 0 Å². The van der Waals surface area contributed by atoms with Gasteiger partial charge in [-0.1, -0.05) is 25.0 Å². The minimum absolute atomic E-state index is 0.0254. The number of hydrogen-bond acceptors (Lipinski definition) is 8. The Hall–Kier alpha value is -4.13. The molecule has 0 radical (unpaired) electrons. The number of nitrogens with one attached hydrogen (secondary N) is 1. The van der Waals surface area contributed by atoms with Crippen LogP contribution >= 0.6 is 0 Å². The maximum absolute atomic E-state index is 17.1. The highest BCUT2D eigenvalue weighted by molar-refractivity contribution is 6.05. The first-order valence-corrected chi connectivity index (χ1v) is 17.2. The lowest BCUT2D eigenvalue weighted by Crippen LogP contribution is -2.60. The summed E-state index contributed by atoms with van der Waals surface area (Å²) < 4.78 is 30.1. The van der Waals surface area contributed by atoms with Gasteiger partial charge in [-0.3, -0.25) is 0 Å². The van der Waals surface area contributed by atoms with Gasteiger partial charge in [-0.25, -0.2) is 4.39 Å². The predicted molar refractivity (Wildman–Crippen MR) is 181 cm³/mol. The van der Waals surface area contributed by atoms with E-state index in [0.717, 1.165) is 63.2 Å². The van der Waals surface area contributed by atoms with E-state index in [2.05, 4.69) is 28.0 Å². The molecule has 8 nitrogen and oxygen atoms in total. The minimum atomic E-state index is -0.514. The molecule has 0 unspecified atom stereocenters. The summed E-state index contributed by atoms with van der Waals surface area (Å²) in [6, 6.07) is 11.3. The van der Waals surface area contributed by atoms with Gasteiger partial charge in [0.1, 0.15) is 29.4 Å². The number of halogens is 1. The molecule has 4 aliphatic heterocycles. The van der Waals surface area contributed by atoms with Gasteiger partial charge in [0, 0.05) is 53.6 Å². The Morgan fingerprint density at radius 1 is 1.13 bits per heavy atom. The maximum atomic E-state index is 17.1. The third-order valence-corrected chi connectivity index (χ3v) is 11.2. The normalized spacial score (nSPS) is 26.0. The number of fused-ring (bicyclic) bond motifs is 6. The van der Waals surface area contributed by atoms with Gasteiger partial charge in [-0.05, 0) is 86.2 Å². The monoisotopic (exact) mass is 633 g/mol. The molecule has 0 spiro atoms. The Balaban J connectivity index is 1.17. The number of terminal acetylenes is 1. The summed E-state index contributed by atoms with van der Waals surface area (Å²) in [5.41, 5.74) is 1.62. The Morgan fingerprint density at radius 3 is 2.85 bits per heavy atom. The summed E-state index contributed by atoms with van der Waals surface area (Å²) in [5, 5.41) is 16.5. The van der Waals surface area contributed by atoms with Crippen LogP contribution in [0.2, 0.25) is 0 Å². The zero-order chi connectivity index (χ0) is 31.9. The number of likely N-dealkylation sites (tertiary alicyclic amines) is 1. The standard InChI is InChI=1S/C38H40FN5O3/c1-3-23-7-4-8-24-14-26(45)15-27(32(23)24)28-16-31-33-35(34(28)39)41-37(47-21-38(11-12-38)20-43-13-5-6-22(2)17-43)42-36(33)44-18-25-9-10-29(40-25)30(44)19-46-31/h1,4,7-8,14-16,22,25,29-30,40,45H,5-6,9-13,17-21H2,2H3/t22-,25+,29-,30+/m0/s1. The second kappa shape index (κ2) is 11.0. The van der Waals surface area contributed by atoms with Gasteiger partial charge in [0.25, 0.3) is 0 Å². The molecule has 5 aliphatic rings. The van der Waals surface area contributed by atoms with Crippen molar-refractivity contribution in [2.45, 2.75) is 63.6 Å². The Kier molecular flexibility index (Phi) is 6.77. The lowest BCUT2D eigenvalue weighted by molar-refractivity contribution is 0.119. The van der Waals surface area contributed by atoms with Crippen molar-refractivity contribution in [2.75, 3.05) is 44.3 Å². The summed E-state index contributed by atoms with van der Waals surface area (Å²) in [7, 11) is 0. The van der Waals surface area contributed by atoms with Gasteiger partial charge >= 0.3 is 6.01 Å². The molecular formula is C38H40FN5O3. The fourth-order valence-corrected chi connectivity index (χ4v) is 8.70. The Morgan fingerprint density at radius 2 is 2.02 bits per heavy atom. The third-order valence-electron chi connectivity index (χ3n) is 11.2. The number of aromatic nitrogens is 2. The van der Waals surface area contributed by atoms with E-state index in [1.807, 2.05) is 18.2 Å². The van der Waals surface area contributed by atoms with Crippen molar-refractivity contribution in [3.63, 3.8) is 0 Å². The summed E-state index contributed by atoms with van der Waals surface area (Å²) in [6.07, 6.45) is 12.8. The van der Waals surface area contributed by atoms with Crippen LogP contribution in [0, 0.1) is 29.5 Å². The number of aromatic hydroxyl groups is 1. The molecule has 2 bridgehead atoms. The largest absolute Gasteiger partial charge is 0.508 e. The summed E-state index contributed by atoms with van der Waals surface area (Å²) >= 11 is 0. The van der Waals surface area contributed by atoms with Gasteiger partial charge in [-0.15, -0.1) is 6.42 Å². The molecule has 4 aromatic rings. The van der Waals surface area contributed by atoms with Crippen molar-refractivity contribution in [2.24, 2.45) is 11.3 Å². The van der Waals surface area contributed by atoms with Gasteiger partial charge in [0.05, 0.1) is 18.0 Å². The molecular weight excluding hydrogens is 593 g/mol. The molecule has 242 valence electrons. The fourth-order valence-electron chi connectivity index (χ4n) is 8.70. The molecule has 2 N–H and O–H groups in total. The topological polar surface area (TPSA) is 83.0 Å².